The van der Waals surface area contributed by atoms with Crippen molar-refractivity contribution in [3.8, 4) is 11.5 Å². The Kier molecular flexibility index (Phi) is 5.76. The van der Waals surface area contributed by atoms with Crippen LogP contribution in [0.3, 0.4) is 0 Å². The molecule has 3 heterocycles. The summed E-state index contributed by atoms with van der Waals surface area (Å²) in [6.45, 7) is 4.35. The highest BCUT2D eigenvalue weighted by molar-refractivity contribution is 7.99. The lowest BCUT2D eigenvalue weighted by atomic mass is 10.2. The first-order valence-electron chi connectivity index (χ1n) is 10.2. The van der Waals surface area contributed by atoms with Gasteiger partial charge < -0.3 is 19.1 Å². The van der Waals surface area contributed by atoms with Crippen LogP contribution < -0.4 is 14.4 Å². The van der Waals surface area contributed by atoms with Gasteiger partial charge >= 0.3 is 0 Å². The zero-order valence-electron chi connectivity index (χ0n) is 16.6. The number of fused-ring (bicyclic) bond motifs is 1. The number of thioether (sulfide) groups is 1. The van der Waals surface area contributed by atoms with E-state index in [9.17, 15) is 0 Å². The van der Waals surface area contributed by atoms with Crippen molar-refractivity contribution in [1.82, 2.24) is 14.8 Å². The van der Waals surface area contributed by atoms with Crippen LogP contribution in [0.15, 0.2) is 59.8 Å². The monoisotopic (exact) mass is 424 g/mol. The summed E-state index contributed by atoms with van der Waals surface area (Å²) in [6.07, 6.45) is -0.0291. The van der Waals surface area contributed by atoms with E-state index in [-0.39, 0.29) is 6.10 Å². The zero-order chi connectivity index (χ0) is 20.2. The average molecular weight is 425 g/mol. The van der Waals surface area contributed by atoms with E-state index in [4.69, 9.17) is 14.2 Å². The van der Waals surface area contributed by atoms with E-state index in [1.165, 1.54) is 5.56 Å². The summed E-state index contributed by atoms with van der Waals surface area (Å²) in [5.74, 6) is 3.25. The van der Waals surface area contributed by atoms with Crippen LogP contribution in [0.1, 0.15) is 5.56 Å². The quantitative estimate of drug-likeness (QED) is 0.564. The lowest BCUT2D eigenvalue weighted by Crippen LogP contribution is -2.38. The molecule has 2 aliphatic rings. The third kappa shape index (κ3) is 4.24. The number of hydrogen-bond donors (Lipinski definition) is 0. The summed E-state index contributed by atoms with van der Waals surface area (Å²) in [5, 5.41) is 9.93. The Morgan fingerprint density at radius 1 is 0.933 bits per heavy atom. The van der Waals surface area contributed by atoms with Gasteiger partial charge in [0.2, 0.25) is 5.95 Å². The largest absolute Gasteiger partial charge is 0.486 e. The molecule has 1 saturated heterocycles. The molecule has 0 aliphatic carbocycles. The summed E-state index contributed by atoms with van der Waals surface area (Å²) < 4.78 is 19.7. The number of nitrogens with zero attached hydrogens (tertiary/aromatic N) is 4. The molecule has 0 N–H and O–H groups in total. The fourth-order valence-corrected chi connectivity index (χ4v) is 4.50. The molecule has 5 rings (SSSR count). The number of rotatable bonds is 6. The number of ether oxygens (including phenoxy) is 3. The summed E-state index contributed by atoms with van der Waals surface area (Å²) in [4.78, 5) is 2.25. The molecule has 156 valence electrons. The first kappa shape index (κ1) is 19.3. The normalized spacial score (nSPS) is 18.4. The van der Waals surface area contributed by atoms with Crippen molar-refractivity contribution in [3.63, 3.8) is 0 Å². The van der Waals surface area contributed by atoms with Crippen LogP contribution >= 0.6 is 11.8 Å². The van der Waals surface area contributed by atoms with Crippen molar-refractivity contribution in [2.24, 2.45) is 0 Å². The van der Waals surface area contributed by atoms with Crippen molar-refractivity contribution < 1.29 is 14.2 Å². The third-order valence-corrected chi connectivity index (χ3v) is 6.24. The number of anilines is 1. The Hall–Kier alpha value is -2.71. The minimum atomic E-state index is -0.0291. The van der Waals surface area contributed by atoms with Gasteiger partial charge in [0.05, 0.1) is 19.8 Å². The lowest BCUT2D eigenvalue weighted by Gasteiger charge is -2.28. The smallest absolute Gasteiger partial charge is 0.228 e. The third-order valence-electron chi connectivity index (χ3n) is 5.14. The summed E-state index contributed by atoms with van der Waals surface area (Å²) in [6, 6.07) is 18.2. The fourth-order valence-electron chi connectivity index (χ4n) is 3.60. The zero-order valence-corrected chi connectivity index (χ0v) is 17.5. The molecule has 7 nitrogen and oxygen atoms in total. The maximum Gasteiger partial charge on any atom is 0.228 e. The SMILES string of the molecule is c1ccc(Cn2c(SCC3COc4ccccc4O3)nnc2N2CCOCC2)cc1. The molecule has 3 aromatic rings. The number of morpholine rings is 1. The van der Waals surface area contributed by atoms with Crippen molar-refractivity contribution in [2.45, 2.75) is 17.8 Å². The molecule has 2 aliphatic heterocycles. The fraction of sp³-hybridized carbons (Fsp3) is 0.364. The second-order valence-electron chi connectivity index (χ2n) is 7.26. The highest BCUT2D eigenvalue weighted by Crippen LogP contribution is 2.33. The van der Waals surface area contributed by atoms with E-state index < -0.39 is 0 Å². The first-order chi connectivity index (χ1) is 14.9. The van der Waals surface area contributed by atoms with Gasteiger partial charge in [-0.25, -0.2) is 0 Å². The van der Waals surface area contributed by atoms with E-state index in [0.29, 0.717) is 19.8 Å². The first-order valence-corrected chi connectivity index (χ1v) is 11.2. The summed E-state index contributed by atoms with van der Waals surface area (Å²) in [5.41, 5.74) is 1.22. The predicted octanol–water partition coefficient (Wildman–Crippen LogP) is 3.10. The van der Waals surface area contributed by atoms with Crippen molar-refractivity contribution in [2.75, 3.05) is 43.6 Å². The second-order valence-corrected chi connectivity index (χ2v) is 8.25. The van der Waals surface area contributed by atoms with Crippen molar-refractivity contribution in [3.05, 3.63) is 60.2 Å². The molecule has 30 heavy (non-hydrogen) atoms. The van der Waals surface area contributed by atoms with E-state index in [2.05, 4.69) is 43.9 Å². The number of benzene rings is 2. The molecular formula is C22H24N4O3S. The van der Waals surface area contributed by atoms with Crippen LogP contribution in [-0.2, 0) is 11.3 Å². The molecule has 2 aromatic carbocycles. The molecule has 8 heteroatoms. The van der Waals surface area contributed by atoms with Crippen LogP contribution in [-0.4, -0.2) is 59.5 Å². The maximum absolute atomic E-state index is 6.10. The average Bonchev–Trinajstić information content (AvgIpc) is 3.21. The van der Waals surface area contributed by atoms with Crippen molar-refractivity contribution >= 4 is 17.7 Å². The minimum Gasteiger partial charge on any atom is -0.486 e. The van der Waals surface area contributed by atoms with Crippen LogP contribution in [0.2, 0.25) is 0 Å². The van der Waals surface area contributed by atoms with Crippen molar-refractivity contribution in [1.29, 1.82) is 0 Å². The second kappa shape index (κ2) is 8.97. The van der Waals surface area contributed by atoms with E-state index >= 15 is 0 Å². The van der Waals surface area contributed by atoms with E-state index in [1.807, 2.05) is 30.3 Å². The Labute approximate surface area is 180 Å². The topological polar surface area (TPSA) is 61.6 Å². The molecule has 0 bridgehead atoms. The van der Waals surface area contributed by atoms with Gasteiger partial charge in [0.25, 0.3) is 0 Å². The molecule has 0 saturated carbocycles. The Morgan fingerprint density at radius 3 is 2.53 bits per heavy atom. The lowest BCUT2D eigenvalue weighted by molar-refractivity contribution is 0.107. The van der Waals surface area contributed by atoms with Crippen LogP contribution in [0.4, 0.5) is 5.95 Å². The number of hydrogen-bond acceptors (Lipinski definition) is 7. The highest BCUT2D eigenvalue weighted by Gasteiger charge is 2.24. The number of para-hydroxylation sites is 2. The van der Waals surface area contributed by atoms with Gasteiger partial charge in [-0.05, 0) is 17.7 Å². The minimum absolute atomic E-state index is 0.0291. The Balaban J connectivity index is 1.33. The molecule has 1 atom stereocenters. The predicted molar refractivity (Wildman–Crippen MR) is 116 cm³/mol. The summed E-state index contributed by atoms with van der Waals surface area (Å²) >= 11 is 1.66. The summed E-state index contributed by atoms with van der Waals surface area (Å²) in [7, 11) is 0. The van der Waals surface area contributed by atoms with Gasteiger partial charge in [-0.3, -0.25) is 4.57 Å². The molecule has 1 aromatic heterocycles. The maximum atomic E-state index is 6.10. The number of aromatic nitrogens is 3. The molecule has 0 amide bonds. The van der Waals surface area contributed by atoms with E-state index in [0.717, 1.165) is 48.0 Å². The van der Waals surface area contributed by atoms with Gasteiger partial charge in [-0.2, -0.15) is 0 Å². The van der Waals surface area contributed by atoms with Crippen LogP contribution in [0.5, 0.6) is 11.5 Å². The molecule has 1 unspecified atom stereocenters. The molecular weight excluding hydrogens is 400 g/mol. The van der Waals surface area contributed by atoms with Crippen LogP contribution in [0.25, 0.3) is 0 Å². The molecule has 0 spiro atoms. The van der Waals surface area contributed by atoms with Crippen LogP contribution in [0, 0.1) is 0 Å². The van der Waals surface area contributed by atoms with Gasteiger partial charge in [-0.1, -0.05) is 54.2 Å². The van der Waals surface area contributed by atoms with Gasteiger partial charge in [0.1, 0.15) is 12.7 Å². The Bertz CT molecular complexity index is 976. The van der Waals surface area contributed by atoms with Gasteiger partial charge in [-0.15, -0.1) is 10.2 Å². The van der Waals surface area contributed by atoms with Gasteiger partial charge in [0.15, 0.2) is 16.7 Å². The van der Waals surface area contributed by atoms with E-state index in [1.54, 1.807) is 11.8 Å². The highest BCUT2D eigenvalue weighted by atomic mass is 32.2. The Morgan fingerprint density at radius 2 is 1.70 bits per heavy atom. The molecule has 0 radical (unpaired) electrons. The van der Waals surface area contributed by atoms with Gasteiger partial charge in [0, 0.05) is 18.8 Å². The molecule has 1 fully saturated rings. The standard InChI is InChI=1S/C22H24N4O3S/c1-2-6-17(7-3-1)14-26-21(25-10-12-27-13-11-25)23-24-22(26)30-16-18-15-28-19-8-4-5-9-20(19)29-18/h1-9,18H,10-16H2.